The third kappa shape index (κ3) is 3.04. The van der Waals surface area contributed by atoms with Crippen LogP contribution in [0.1, 0.15) is 12.8 Å². The summed E-state index contributed by atoms with van der Waals surface area (Å²) in [6, 6.07) is 4.77. The molecule has 0 spiro atoms. The number of halogens is 1. The van der Waals surface area contributed by atoms with Crippen LogP contribution in [0.25, 0.3) is 10.2 Å². The van der Waals surface area contributed by atoms with Crippen LogP contribution in [0.15, 0.2) is 18.2 Å². The summed E-state index contributed by atoms with van der Waals surface area (Å²) in [5.74, 6) is 0.459. The highest BCUT2D eigenvalue weighted by atomic mass is 32.1. The maximum Gasteiger partial charge on any atom is 0.183 e. The molecule has 3 rings (SSSR count). The van der Waals surface area contributed by atoms with Gasteiger partial charge in [-0.3, -0.25) is 0 Å². The predicted molar refractivity (Wildman–Crippen MR) is 78.3 cm³/mol. The van der Waals surface area contributed by atoms with Crippen molar-refractivity contribution in [3.05, 3.63) is 24.0 Å². The zero-order chi connectivity index (χ0) is 13.2. The molecule has 0 amide bonds. The van der Waals surface area contributed by atoms with E-state index < -0.39 is 0 Å². The Hall–Kier alpha value is -1.20. The normalized spacial score (nSPS) is 20.8. The number of hydrogen-bond donors (Lipinski definition) is 1. The molecule has 0 radical (unpaired) electrons. The highest BCUT2D eigenvalue weighted by Gasteiger charge is 2.17. The number of anilines is 1. The number of piperidine rings is 1. The molecule has 1 fully saturated rings. The van der Waals surface area contributed by atoms with Crippen LogP contribution in [-0.4, -0.2) is 36.6 Å². The number of thiazole rings is 1. The average Bonchev–Trinajstić information content (AvgIpc) is 2.78. The van der Waals surface area contributed by atoms with Crippen molar-refractivity contribution in [2.75, 3.05) is 32.0 Å². The minimum Gasteiger partial charge on any atom is -0.361 e. The molecule has 0 aliphatic carbocycles. The summed E-state index contributed by atoms with van der Waals surface area (Å²) < 4.78 is 14.1. The lowest BCUT2D eigenvalue weighted by molar-refractivity contribution is 0.217. The van der Waals surface area contributed by atoms with Gasteiger partial charge in [0.1, 0.15) is 5.82 Å². The fraction of sp³-hybridized carbons (Fsp3) is 0.500. The molecule has 1 saturated heterocycles. The highest BCUT2D eigenvalue weighted by molar-refractivity contribution is 7.22. The minimum absolute atomic E-state index is 0.224. The van der Waals surface area contributed by atoms with Crippen molar-refractivity contribution in [1.29, 1.82) is 0 Å². The summed E-state index contributed by atoms with van der Waals surface area (Å²) in [7, 11) is 2.17. The number of hydrogen-bond acceptors (Lipinski definition) is 4. The van der Waals surface area contributed by atoms with E-state index in [0.717, 1.165) is 28.4 Å². The topological polar surface area (TPSA) is 28.2 Å². The molecular weight excluding hydrogens is 261 g/mol. The smallest absolute Gasteiger partial charge is 0.183 e. The Labute approximate surface area is 116 Å². The molecule has 0 saturated carbocycles. The second-order valence-electron chi connectivity index (χ2n) is 5.28. The average molecular weight is 279 g/mol. The van der Waals surface area contributed by atoms with Crippen LogP contribution < -0.4 is 5.32 Å². The molecule has 1 aliphatic rings. The van der Waals surface area contributed by atoms with Gasteiger partial charge in [0.2, 0.25) is 0 Å². The molecule has 3 nitrogen and oxygen atoms in total. The Kier molecular flexibility index (Phi) is 3.66. The first-order valence-electron chi connectivity index (χ1n) is 6.69. The Morgan fingerprint density at radius 2 is 2.42 bits per heavy atom. The van der Waals surface area contributed by atoms with Gasteiger partial charge >= 0.3 is 0 Å². The molecule has 5 heteroatoms. The molecule has 102 valence electrons. The van der Waals surface area contributed by atoms with Gasteiger partial charge in [-0.05, 0) is 44.5 Å². The minimum atomic E-state index is -0.224. The fourth-order valence-electron chi connectivity index (χ4n) is 2.65. The SMILES string of the molecule is CN1CCCC(CNc2nc3cc(F)ccc3s2)C1. The van der Waals surface area contributed by atoms with E-state index >= 15 is 0 Å². The summed E-state index contributed by atoms with van der Waals surface area (Å²) in [4.78, 5) is 6.81. The van der Waals surface area contributed by atoms with Crippen LogP contribution in [0.2, 0.25) is 0 Å². The summed E-state index contributed by atoms with van der Waals surface area (Å²) in [6.07, 6.45) is 2.55. The van der Waals surface area contributed by atoms with Gasteiger partial charge in [-0.2, -0.15) is 0 Å². The molecule has 2 heterocycles. The second kappa shape index (κ2) is 5.43. The van der Waals surface area contributed by atoms with Gasteiger partial charge in [-0.1, -0.05) is 11.3 Å². The standard InChI is InChI=1S/C14H18FN3S/c1-18-6-2-3-10(9-18)8-16-14-17-12-7-11(15)4-5-13(12)19-14/h4-5,7,10H,2-3,6,8-9H2,1H3,(H,16,17). The molecule has 1 aromatic heterocycles. The largest absolute Gasteiger partial charge is 0.361 e. The van der Waals surface area contributed by atoms with Crippen LogP contribution in [0.3, 0.4) is 0 Å². The van der Waals surface area contributed by atoms with Crippen LogP contribution >= 0.6 is 11.3 Å². The zero-order valence-corrected chi connectivity index (χ0v) is 11.8. The monoisotopic (exact) mass is 279 g/mol. The van der Waals surface area contributed by atoms with Gasteiger partial charge in [-0.25, -0.2) is 9.37 Å². The lowest BCUT2D eigenvalue weighted by Crippen LogP contribution is -2.35. The van der Waals surface area contributed by atoms with Gasteiger partial charge < -0.3 is 10.2 Å². The molecule has 1 atom stereocenters. The third-order valence-corrected chi connectivity index (χ3v) is 4.61. The highest BCUT2D eigenvalue weighted by Crippen LogP contribution is 2.27. The number of aromatic nitrogens is 1. The van der Waals surface area contributed by atoms with E-state index in [1.807, 2.05) is 0 Å². The Balaban J connectivity index is 1.65. The number of rotatable bonds is 3. The summed E-state index contributed by atoms with van der Waals surface area (Å²) in [5, 5.41) is 4.30. The molecule has 1 aliphatic heterocycles. The maximum absolute atomic E-state index is 13.1. The summed E-state index contributed by atoms with van der Waals surface area (Å²) >= 11 is 1.59. The quantitative estimate of drug-likeness (QED) is 0.935. The van der Waals surface area contributed by atoms with Crippen molar-refractivity contribution in [1.82, 2.24) is 9.88 Å². The number of benzene rings is 1. The number of nitrogens with one attached hydrogen (secondary N) is 1. The Morgan fingerprint density at radius 1 is 1.53 bits per heavy atom. The number of nitrogens with zero attached hydrogens (tertiary/aromatic N) is 2. The van der Waals surface area contributed by atoms with Crippen LogP contribution in [0, 0.1) is 11.7 Å². The van der Waals surface area contributed by atoms with E-state index in [1.54, 1.807) is 17.4 Å². The molecule has 1 N–H and O–H groups in total. The van der Waals surface area contributed by atoms with Crippen molar-refractivity contribution in [3.63, 3.8) is 0 Å². The molecule has 0 bridgehead atoms. The maximum atomic E-state index is 13.1. The lowest BCUT2D eigenvalue weighted by Gasteiger charge is -2.29. The summed E-state index contributed by atoms with van der Waals surface area (Å²) in [5.41, 5.74) is 0.744. The van der Waals surface area contributed by atoms with E-state index in [9.17, 15) is 4.39 Å². The zero-order valence-electron chi connectivity index (χ0n) is 11.0. The van der Waals surface area contributed by atoms with Crippen molar-refractivity contribution in [3.8, 4) is 0 Å². The Morgan fingerprint density at radius 3 is 3.26 bits per heavy atom. The summed E-state index contributed by atoms with van der Waals surface area (Å²) in [6.45, 7) is 3.30. The van der Waals surface area contributed by atoms with E-state index in [-0.39, 0.29) is 5.82 Å². The van der Waals surface area contributed by atoms with Crippen LogP contribution in [0.4, 0.5) is 9.52 Å². The van der Waals surface area contributed by atoms with Gasteiger partial charge in [0, 0.05) is 19.2 Å². The van der Waals surface area contributed by atoms with Gasteiger partial charge in [0.25, 0.3) is 0 Å². The molecule has 19 heavy (non-hydrogen) atoms. The second-order valence-corrected chi connectivity index (χ2v) is 6.31. The molecule has 1 unspecified atom stereocenters. The van der Waals surface area contributed by atoms with Gasteiger partial charge in [0.05, 0.1) is 10.2 Å². The predicted octanol–water partition coefficient (Wildman–Crippen LogP) is 3.19. The van der Waals surface area contributed by atoms with Crippen molar-refractivity contribution in [2.45, 2.75) is 12.8 Å². The Bertz CT molecular complexity index is 569. The van der Waals surface area contributed by atoms with E-state index in [0.29, 0.717) is 5.92 Å². The van der Waals surface area contributed by atoms with Crippen molar-refractivity contribution >= 4 is 26.7 Å². The van der Waals surface area contributed by atoms with Crippen LogP contribution in [-0.2, 0) is 0 Å². The van der Waals surface area contributed by atoms with Crippen LogP contribution in [0.5, 0.6) is 0 Å². The van der Waals surface area contributed by atoms with Gasteiger partial charge in [0.15, 0.2) is 5.13 Å². The molecule has 2 aromatic rings. The number of likely N-dealkylation sites (tertiary alicyclic amines) is 1. The van der Waals surface area contributed by atoms with Crippen molar-refractivity contribution in [2.24, 2.45) is 5.92 Å². The third-order valence-electron chi connectivity index (χ3n) is 3.61. The fourth-order valence-corrected chi connectivity index (χ4v) is 3.50. The molecule has 1 aromatic carbocycles. The van der Waals surface area contributed by atoms with E-state index in [4.69, 9.17) is 0 Å². The first kappa shape index (κ1) is 12.8. The van der Waals surface area contributed by atoms with E-state index in [1.165, 1.54) is 31.5 Å². The molecular formula is C14H18FN3S. The first-order valence-corrected chi connectivity index (χ1v) is 7.51. The van der Waals surface area contributed by atoms with Gasteiger partial charge in [-0.15, -0.1) is 0 Å². The lowest BCUT2D eigenvalue weighted by atomic mass is 9.99. The first-order chi connectivity index (χ1) is 9.20. The van der Waals surface area contributed by atoms with Crippen molar-refractivity contribution < 1.29 is 4.39 Å². The number of fused-ring (bicyclic) bond motifs is 1. The van der Waals surface area contributed by atoms with E-state index in [2.05, 4.69) is 22.2 Å².